The van der Waals surface area contributed by atoms with Gasteiger partial charge < -0.3 is 18.9 Å². The van der Waals surface area contributed by atoms with Crippen LogP contribution in [0.2, 0.25) is 0 Å². The first kappa shape index (κ1) is 13.7. The Labute approximate surface area is 107 Å². The highest BCUT2D eigenvalue weighted by molar-refractivity contribution is 5.69. The molecule has 2 aliphatic rings. The van der Waals surface area contributed by atoms with E-state index in [1.165, 1.54) is 7.11 Å². The van der Waals surface area contributed by atoms with E-state index in [2.05, 4.69) is 9.64 Å². The van der Waals surface area contributed by atoms with Gasteiger partial charge in [0.05, 0.1) is 39.5 Å². The summed E-state index contributed by atoms with van der Waals surface area (Å²) in [5.74, 6) is -0.252. The van der Waals surface area contributed by atoms with Crippen molar-refractivity contribution < 1.29 is 23.7 Å². The van der Waals surface area contributed by atoms with E-state index in [9.17, 15) is 4.79 Å². The Hall–Kier alpha value is -0.690. The third-order valence-corrected chi connectivity index (χ3v) is 3.22. The van der Waals surface area contributed by atoms with Gasteiger partial charge in [-0.15, -0.1) is 0 Å². The van der Waals surface area contributed by atoms with Crippen LogP contribution in [-0.2, 0) is 23.7 Å². The van der Waals surface area contributed by atoms with Gasteiger partial charge in [0.15, 0.2) is 6.29 Å². The molecule has 2 saturated heterocycles. The van der Waals surface area contributed by atoms with Gasteiger partial charge in [-0.3, -0.25) is 9.69 Å². The average Bonchev–Trinajstić information content (AvgIpc) is 2.85. The molecule has 0 aromatic heterocycles. The van der Waals surface area contributed by atoms with Gasteiger partial charge in [0.25, 0.3) is 0 Å². The number of nitrogens with zero attached hydrogens (tertiary/aromatic N) is 1. The normalized spacial score (nSPS) is 29.4. The lowest BCUT2D eigenvalue weighted by molar-refractivity contribution is -0.144. The molecule has 2 unspecified atom stereocenters. The number of morpholine rings is 1. The minimum Gasteiger partial charge on any atom is -0.469 e. The quantitative estimate of drug-likeness (QED) is 0.648. The summed E-state index contributed by atoms with van der Waals surface area (Å²) >= 11 is 0. The van der Waals surface area contributed by atoms with Crippen LogP contribution in [0, 0.1) is 0 Å². The lowest BCUT2D eigenvalue weighted by Gasteiger charge is -2.27. The number of hydrogen-bond acceptors (Lipinski definition) is 6. The monoisotopic (exact) mass is 259 g/mol. The standard InChI is InChI=1S/C12H21NO5/c1-15-11(14)8-10-9-17-12(18-10)2-3-13-4-6-16-7-5-13/h10,12H,2-9H2,1H3. The Balaban J connectivity index is 1.61. The summed E-state index contributed by atoms with van der Waals surface area (Å²) < 4.78 is 21.1. The second-order valence-corrected chi connectivity index (χ2v) is 4.54. The second kappa shape index (κ2) is 7.04. The van der Waals surface area contributed by atoms with Crippen LogP contribution in [0.3, 0.4) is 0 Å². The number of methoxy groups -OCH3 is 1. The van der Waals surface area contributed by atoms with Crippen molar-refractivity contribution in [2.75, 3.05) is 46.6 Å². The predicted molar refractivity (Wildman–Crippen MR) is 63.1 cm³/mol. The molecule has 0 aromatic carbocycles. The Morgan fingerprint density at radius 2 is 2.17 bits per heavy atom. The van der Waals surface area contributed by atoms with Crippen LogP contribution in [-0.4, -0.2) is 69.8 Å². The van der Waals surface area contributed by atoms with E-state index in [4.69, 9.17) is 14.2 Å². The number of carbonyl (C=O) groups is 1. The van der Waals surface area contributed by atoms with E-state index in [-0.39, 0.29) is 24.8 Å². The molecule has 104 valence electrons. The van der Waals surface area contributed by atoms with E-state index in [0.717, 1.165) is 39.3 Å². The Bertz CT molecular complexity index is 267. The number of esters is 1. The van der Waals surface area contributed by atoms with E-state index in [1.807, 2.05) is 0 Å². The van der Waals surface area contributed by atoms with Gasteiger partial charge in [0.1, 0.15) is 0 Å². The van der Waals surface area contributed by atoms with Crippen LogP contribution in [0.1, 0.15) is 12.8 Å². The summed E-state index contributed by atoms with van der Waals surface area (Å²) in [5.41, 5.74) is 0. The molecule has 0 amide bonds. The Morgan fingerprint density at radius 1 is 1.39 bits per heavy atom. The van der Waals surface area contributed by atoms with Crippen molar-refractivity contribution in [1.29, 1.82) is 0 Å². The SMILES string of the molecule is COC(=O)CC1COC(CCN2CCOCC2)O1. The molecule has 2 aliphatic heterocycles. The van der Waals surface area contributed by atoms with Gasteiger partial charge in [-0.1, -0.05) is 0 Å². The fraction of sp³-hybridized carbons (Fsp3) is 0.917. The molecule has 6 heteroatoms. The molecule has 0 radical (unpaired) electrons. The third-order valence-electron chi connectivity index (χ3n) is 3.22. The van der Waals surface area contributed by atoms with Crippen LogP contribution in [0.15, 0.2) is 0 Å². The van der Waals surface area contributed by atoms with Crippen LogP contribution in [0.25, 0.3) is 0 Å². The van der Waals surface area contributed by atoms with Crippen LogP contribution < -0.4 is 0 Å². The zero-order valence-corrected chi connectivity index (χ0v) is 10.8. The molecule has 0 aliphatic carbocycles. The maximum absolute atomic E-state index is 11.1. The molecule has 18 heavy (non-hydrogen) atoms. The maximum Gasteiger partial charge on any atom is 0.308 e. The molecule has 0 bridgehead atoms. The molecule has 2 atom stereocenters. The molecule has 6 nitrogen and oxygen atoms in total. The van der Waals surface area contributed by atoms with E-state index in [1.54, 1.807) is 0 Å². The molecular formula is C12H21NO5. The summed E-state index contributed by atoms with van der Waals surface area (Å²) in [6.07, 6.45) is 0.747. The first-order chi connectivity index (χ1) is 8.78. The van der Waals surface area contributed by atoms with Crippen molar-refractivity contribution in [2.45, 2.75) is 25.2 Å². The predicted octanol–water partition coefficient (Wildman–Crippen LogP) is 0.0133. The number of ether oxygens (including phenoxy) is 4. The van der Waals surface area contributed by atoms with Gasteiger partial charge in [-0.2, -0.15) is 0 Å². The highest BCUT2D eigenvalue weighted by Crippen LogP contribution is 2.18. The summed E-state index contributed by atoms with van der Waals surface area (Å²) in [6, 6.07) is 0. The molecule has 0 aromatic rings. The Kier molecular flexibility index (Phi) is 5.37. The molecule has 2 rings (SSSR count). The highest BCUT2D eigenvalue weighted by Gasteiger charge is 2.28. The largest absolute Gasteiger partial charge is 0.469 e. The summed E-state index contributed by atoms with van der Waals surface area (Å²) in [7, 11) is 1.38. The maximum atomic E-state index is 11.1. The van der Waals surface area contributed by atoms with Crippen molar-refractivity contribution in [2.24, 2.45) is 0 Å². The molecule has 0 saturated carbocycles. The van der Waals surface area contributed by atoms with Gasteiger partial charge >= 0.3 is 5.97 Å². The zero-order chi connectivity index (χ0) is 12.8. The fourth-order valence-corrected chi connectivity index (χ4v) is 2.15. The van der Waals surface area contributed by atoms with Crippen molar-refractivity contribution in [1.82, 2.24) is 4.90 Å². The minimum atomic E-state index is -0.252. The summed E-state index contributed by atoms with van der Waals surface area (Å²) in [4.78, 5) is 13.4. The van der Waals surface area contributed by atoms with Crippen molar-refractivity contribution in [3.05, 3.63) is 0 Å². The topological polar surface area (TPSA) is 57.2 Å². The third kappa shape index (κ3) is 4.20. The first-order valence-electron chi connectivity index (χ1n) is 6.42. The van der Waals surface area contributed by atoms with Gasteiger partial charge in [-0.25, -0.2) is 0 Å². The summed E-state index contributed by atoms with van der Waals surface area (Å²) in [6.45, 7) is 4.97. The molecule has 2 heterocycles. The lowest BCUT2D eigenvalue weighted by Crippen LogP contribution is -2.38. The molecule has 0 spiro atoms. The fourth-order valence-electron chi connectivity index (χ4n) is 2.15. The number of rotatable bonds is 5. The van der Waals surface area contributed by atoms with Crippen LogP contribution >= 0.6 is 0 Å². The Morgan fingerprint density at radius 3 is 2.89 bits per heavy atom. The average molecular weight is 259 g/mol. The van der Waals surface area contributed by atoms with E-state index < -0.39 is 0 Å². The second-order valence-electron chi connectivity index (χ2n) is 4.54. The van der Waals surface area contributed by atoms with Crippen molar-refractivity contribution in [3.63, 3.8) is 0 Å². The van der Waals surface area contributed by atoms with E-state index in [0.29, 0.717) is 6.61 Å². The molecular weight excluding hydrogens is 238 g/mol. The van der Waals surface area contributed by atoms with Gasteiger partial charge in [0.2, 0.25) is 0 Å². The van der Waals surface area contributed by atoms with Crippen molar-refractivity contribution >= 4 is 5.97 Å². The zero-order valence-electron chi connectivity index (χ0n) is 10.8. The first-order valence-corrected chi connectivity index (χ1v) is 6.42. The van der Waals surface area contributed by atoms with Crippen LogP contribution in [0.4, 0.5) is 0 Å². The van der Waals surface area contributed by atoms with Crippen LogP contribution in [0.5, 0.6) is 0 Å². The summed E-state index contributed by atoms with van der Waals surface area (Å²) in [5, 5.41) is 0. The molecule has 2 fully saturated rings. The highest BCUT2D eigenvalue weighted by atomic mass is 16.7. The van der Waals surface area contributed by atoms with Gasteiger partial charge in [0, 0.05) is 26.1 Å². The van der Waals surface area contributed by atoms with Crippen molar-refractivity contribution in [3.8, 4) is 0 Å². The smallest absolute Gasteiger partial charge is 0.308 e. The number of hydrogen-bond donors (Lipinski definition) is 0. The molecule has 0 N–H and O–H groups in total. The minimum absolute atomic E-state index is 0.160. The van der Waals surface area contributed by atoms with E-state index >= 15 is 0 Å². The number of carbonyl (C=O) groups excluding carboxylic acids is 1. The van der Waals surface area contributed by atoms with Gasteiger partial charge in [-0.05, 0) is 0 Å². The lowest BCUT2D eigenvalue weighted by atomic mass is 10.3.